The minimum absolute atomic E-state index is 0.0924. The first-order valence-electron chi connectivity index (χ1n) is 13.3. The van der Waals surface area contributed by atoms with Crippen LogP contribution in [0.4, 0.5) is 0 Å². The highest BCUT2D eigenvalue weighted by atomic mass is 16.5. The Kier molecular flexibility index (Phi) is 12.0. The first-order chi connectivity index (χ1) is 17.5. The Labute approximate surface area is 222 Å². The van der Waals surface area contributed by atoms with Crippen LogP contribution in [-0.2, 0) is 35.3 Å². The summed E-state index contributed by atoms with van der Waals surface area (Å²) >= 11 is 0. The molecule has 2 N–H and O–H groups in total. The minimum atomic E-state index is -0.0957. The van der Waals surface area contributed by atoms with Crippen LogP contribution in [0.2, 0.25) is 0 Å². The molecule has 2 aromatic carbocycles. The molecule has 0 saturated heterocycles. The van der Waals surface area contributed by atoms with Gasteiger partial charge in [0.05, 0.1) is 20.6 Å². The van der Waals surface area contributed by atoms with E-state index in [4.69, 9.17) is 9.47 Å². The number of rotatable bonds is 16. The lowest BCUT2D eigenvalue weighted by molar-refractivity contribution is -0.126. The summed E-state index contributed by atoms with van der Waals surface area (Å²) in [7, 11) is 3.04. The molecule has 0 spiro atoms. The van der Waals surface area contributed by atoms with Gasteiger partial charge in [-0.15, -0.1) is 0 Å². The average molecular weight is 513 g/mol. The monoisotopic (exact) mass is 512 g/mol. The molecule has 0 aromatic heterocycles. The molecule has 37 heavy (non-hydrogen) atoms. The van der Waals surface area contributed by atoms with Crippen molar-refractivity contribution < 1.29 is 29.3 Å². The van der Waals surface area contributed by atoms with Gasteiger partial charge in [-0.3, -0.25) is 9.59 Å². The maximum absolute atomic E-state index is 12.6. The third-order valence-electron chi connectivity index (χ3n) is 6.63. The van der Waals surface area contributed by atoms with Gasteiger partial charge in [-0.25, -0.2) is 0 Å². The van der Waals surface area contributed by atoms with Gasteiger partial charge in [-0.05, 0) is 84.7 Å². The van der Waals surface area contributed by atoms with E-state index in [1.807, 2.05) is 12.1 Å². The smallest absolute Gasteiger partial charge is 0.161 e. The largest absolute Gasteiger partial charge is 0.504 e. The number of carbonyl (C=O) groups excluding carboxylic acids is 2. The third-order valence-corrected chi connectivity index (χ3v) is 6.63. The molecule has 204 valence electrons. The number of ether oxygens (including phenoxy) is 2. The topological polar surface area (TPSA) is 93.1 Å². The number of phenolic OH excluding ortho intramolecular Hbond substituents is 2. The maximum atomic E-state index is 12.6. The quantitative estimate of drug-likeness (QED) is 0.253. The Bertz CT molecular complexity index is 971. The van der Waals surface area contributed by atoms with Crippen LogP contribution >= 0.6 is 0 Å². The van der Waals surface area contributed by atoms with Crippen molar-refractivity contribution >= 4 is 11.6 Å². The van der Waals surface area contributed by atoms with Crippen molar-refractivity contribution in [1.29, 1.82) is 0 Å². The predicted octanol–water partition coefficient (Wildman–Crippen LogP) is 6.39. The molecule has 0 aliphatic rings. The van der Waals surface area contributed by atoms with Gasteiger partial charge in [-0.2, -0.15) is 0 Å². The molecule has 0 bridgehead atoms. The second kappa shape index (κ2) is 14.7. The molecule has 0 heterocycles. The highest BCUT2D eigenvalue weighted by Gasteiger charge is 2.16. The van der Waals surface area contributed by atoms with E-state index in [2.05, 4.69) is 27.7 Å². The van der Waals surface area contributed by atoms with Crippen LogP contribution < -0.4 is 9.47 Å². The van der Waals surface area contributed by atoms with Gasteiger partial charge in [0.25, 0.3) is 0 Å². The van der Waals surface area contributed by atoms with Gasteiger partial charge >= 0.3 is 0 Å². The number of aryl methyl sites for hydroxylation is 4. The molecule has 0 fully saturated rings. The molecule has 6 nitrogen and oxygen atoms in total. The Morgan fingerprint density at radius 1 is 0.676 bits per heavy atom. The summed E-state index contributed by atoms with van der Waals surface area (Å²) in [6, 6.07) is 7.39. The lowest BCUT2D eigenvalue weighted by Crippen LogP contribution is -2.10. The summed E-state index contributed by atoms with van der Waals surface area (Å²) in [5.41, 5.74) is 3.48. The molecular formula is C31H44O6. The van der Waals surface area contributed by atoms with E-state index in [9.17, 15) is 19.8 Å². The molecule has 0 atom stereocenters. The molecule has 0 aliphatic heterocycles. The van der Waals surface area contributed by atoms with Crippen molar-refractivity contribution in [2.24, 2.45) is 11.8 Å². The van der Waals surface area contributed by atoms with Crippen LogP contribution in [0.15, 0.2) is 24.3 Å². The summed E-state index contributed by atoms with van der Waals surface area (Å²) in [5.74, 6) is 1.97. The fourth-order valence-corrected chi connectivity index (χ4v) is 4.29. The van der Waals surface area contributed by atoms with E-state index in [1.165, 1.54) is 14.2 Å². The summed E-state index contributed by atoms with van der Waals surface area (Å²) in [5, 5.41) is 20.9. The number of hydrogen-bond donors (Lipinski definition) is 2. The molecule has 2 aromatic rings. The number of phenols is 2. The number of aromatic hydroxyl groups is 2. The van der Waals surface area contributed by atoms with Crippen LogP contribution in [0.3, 0.4) is 0 Å². The van der Waals surface area contributed by atoms with Crippen LogP contribution in [0.1, 0.15) is 82.1 Å². The number of Topliss-reactive ketones (excluding diaryl/α,β-unsaturated/α-hetero) is 2. The first kappa shape index (κ1) is 30.2. The van der Waals surface area contributed by atoms with Crippen LogP contribution in [-0.4, -0.2) is 36.0 Å². The van der Waals surface area contributed by atoms with Crippen molar-refractivity contribution in [2.45, 2.75) is 85.5 Å². The molecule has 0 amide bonds. The summed E-state index contributed by atoms with van der Waals surface area (Å²) < 4.78 is 10.6. The fraction of sp³-hybridized carbons (Fsp3) is 0.548. The molecule has 0 saturated carbocycles. The highest BCUT2D eigenvalue weighted by Crippen LogP contribution is 2.34. The van der Waals surface area contributed by atoms with E-state index in [0.717, 1.165) is 47.9 Å². The van der Waals surface area contributed by atoms with Crippen molar-refractivity contribution in [3.05, 3.63) is 46.5 Å². The summed E-state index contributed by atoms with van der Waals surface area (Å²) in [4.78, 5) is 25.1. The van der Waals surface area contributed by atoms with Gasteiger partial charge in [0.15, 0.2) is 23.0 Å². The Morgan fingerprint density at radius 3 is 1.38 bits per heavy atom. The lowest BCUT2D eigenvalue weighted by atomic mass is 9.96. The Hall–Kier alpha value is -3.02. The van der Waals surface area contributed by atoms with Gasteiger partial charge in [0.1, 0.15) is 11.6 Å². The van der Waals surface area contributed by atoms with E-state index in [1.54, 1.807) is 12.1 Å². The number of benzene rings is 2. The third kappa shape index (κ3) is 9.75. The fourth-order valence-electron chi connectivity index (χ4n) is 4.29. The van der Waals surface area contributed by atoms with Gasteiger partial charge in [0.2, 0.25) is 0 Å². The van der Waals surface area contributed by atoms with Crippen molar-refractivity contribution in [2.75, 3.05) is 14.2 Å². The standard InChI is InChI=1S/C31H44O6/c1-20(2)7-11-24-15-22(17-28(36-5)30(24)34)9-13-26(32)19-27(33)14-10-23-16-25(12-8-21(3)4)31(35)29(18-23)37-6/h15-18,20-21,34-35H,7-14,19H2,1-6H3. The van der Waals surface area contributed by atoms with Gasteiger partial charge in [0, 0.05) is 12.8 Å². The maximum Gasteiger partial charge on any atom is 0.161 e. The molecular weight excluding hydrogens is 468 g/mol. The molecule has 0 aliphatic carbocycles. The highest BCUT2D eigenvalue weighted by molar-refractivity contribution is 5.99. The number of ketones is 2. The van der Waals surface area contributed by atoms with Crippen molar-refractivity contribution in [3.63, 3.8) is 0 Å². The summed E-state index contributed by atoms with van der Waals surface area (Å²) in [6.07, 6.45) is 4.77. The number of methoxy groups -OCH3 is 2. The van der Waals surface area contributed by atoms with Crippen LogP contribution in [0, 0.1) is 11.8 Å². The van der Waals surface area contributed by atoms with Gasteiger partial charge < -0.3 is 19.7 Å². The Morgan fingerprint density at radius 2 is 1.05 bits per heavy atom. The minimum Gasteiger partial charge on any atom is -0.504 e. The second-order valence-electron chi connectivity index (χ2n) is 10.7. The zero-order valence-electron chi connectivity index (χ0n) is 23.4. The second-order valence-corrected chi connectivity index (χ2v) is 10.7. The van der Waals surface area contributed by atoms with Crippen LogP contribution in [0.5, 0.6) is 23.0 Å². The normalized spacial score (nSPS) is 11.2. The van der Waals surface area contributed by atoms with Crippen molar-refractivity contribution in [3.8, 4) is 23.0 Å². The van der Waals surface area contributed by atoms with E-state index in [-0.39, 0.29) is 42.3 Å². The van der Waals surface area contributed by atoms with Crippen molar-refractivity contribution in [1.82, 2.24) is 0 Å². The van der Waals surface area contributed by atoms with Gasteiger partial charge in [-0.1, -0.05) is 39.8 Å². The molecule has 0 unspecified atom stereocenters. The average Bonchev–Trinajstić information content (AvgIpc) is 2.85. The molecule has 2 rings (SSSR count). The predicted molar refractivity (Wildman–Crippen MR) is 147 cm³/mol. The van der Waals surface area contributed by atoms with Crippen LogP contribution in [0.25, 0.3) is 0 Å². The van der Waals surface area contributed by atoms with E-state index < -0.39 is 0 Å². The van der Waals surface area contributed by atoms with E-state index >= 15 is 0 Å². The molecule has 0 radical (unpaired) electrons. The zero-order valence-corrected chi connectivity index (χ0v) is 23.4. The zero-order chi connectivity index (χ0) is 27.5. The SMILES string of the molecule is COc1cc(CCC(=O)CC(=O)CCc2cc(CCC(C)C)c(O)c(OC)c2)cc(CCC(C)C)c1O. The van der Waals surface area contributed by atoms with E-state index in [0.29, 0.717) is 36.2 Å². The molecule has 6 heteroatoms. The first-order valence-corrected chi connectivity index (χ1v) is 13.3. The number of hydrogen-bond acceptors (Lipinski definition) is 6. The number of carbonyl (C=O) groups is 2. The Balaban J connectivity index is 1.94. The lowest BCUT2D eigenvalue weighted by Gasteiger charge is -2.13. The summed E-state index contributed by atoms with van der Waals surface area (Å²) in [6.45, 7) is 8.55.